The summed E-state index contributed by atoms with van der Waals surface area (Å²) in [6.45, 7) is 8.29. The average Bonchev–Trinajstić information content (AvgIpc) is 2.56. The van der Waals surface area contributed by atoms with Crippen molar-refractivity contribution in [1.29, 1.82) is 0 Å². The molecule has 22 heavy (non-hydrogen) atoms. The first-order valence-electron chi connectivity index (χ1n) is 8.17. The lowest BCUT2D eigenvalue weighted by Crippen LogP contribution is -2.37. The molecule has 122 valence electrons. The van der Waals surface area contributed by atoms with Crippen molar-refractivity contribution < 1.29 is 9.53 Å². The van der Waals surface area contributed by atoms with Crippen LogP contribution in [0.4, 0.5) is 10.5 Å². The highest BCUT2D eigenvalue weighted by atomic mass is 16.5. The Labute approximate surface area is 133 Å². The van der Waals surface area contributed by atoms with E-state index < -0.39 is 0 Å². The predicted octanol–water partition coefficient (Wildman–Crippen LogP) is 2.68. The number of amides is 2. The topological polar surface area (TPSA) is 53.6 Å². The summed E-state index contributed by atoms with van der Waals surface area (Å²) in [5.74, 6) is 0. The number of benzene rings is 1. The Morgan fingerprint density at radius 2 is 1.95 bits per heavy atom. The molecule has 0 spiro atoms. The molecule has 0 aliphatic carbocycles. The molecule has 1 aromatic carbocycles. The van der Waals surface area contributed by atoms with Gasteiger partial charge in [0.15, 0.2) is 0 Å². The molecule has 1 saturated heterocycles. The standard InChI is InChI=1S/C17H27N3O2/c1-3-4-9-18-17(21)19-14(2)15-5-7-16(8-6-15)20-10-12-22-13-11-20/h5-8,14H,3-4,9-13H2,1-2H3,(H2,18,19,21). The normalized spacial score (nSPS) is 16.2. The Morgan fingerprint density at radius 1 is 1.27 bits per heavy atom. The van der Waals surface area contributed by atoms with Crippen LogP contribution in [0.1, 0.15) is 38.3 Å². The number of unbranched alkanes of at least 4 members (excludes halogenated alkanes) is 1. The van der Waals surface area contributed by atoms with E-state index in [4.69, 9.17) is 4.74 Å². The van der Waals surface area contributed by atoms with Crippen LogP contribution in [0.5, 0.6) is 0 Å². The first kappa shape index (κ1) is 16.6. The average molecular weight is 305 g/mol. The Balaban J connectivity index is 1.85. The van der Waals surface area contributed by atoms with Crippen molar-refractivity contribution in [3.63, 3.8) is 0 Å². The quantitative estimate of drug-likeness (QED) is 0.795. The van der Waals surface area contributed by atoms with E-state index in [9.17, 15) is 4.79 Å². The van der Waals surface area contributed by atoms with Crippen molar-refractivity contribution in [2.75, 3.05) is 37.7 Å². The van der Waals surface area contributed by atoms with Crippen LogP contribution in [-0.4, -0.2) is 38.9 Å². The van der Waals surface area contributed by atoms with Crippen molar-refractivity contribution in [3.05, 3.63) is 29.8 Å². The minimum atomic E-state index is -0.0989. The van der Waals surface area contributed by atoms with Gasteiger partial charge in [-0.1, -0.05) is 25.5 Å². The SMILES string of the molecule is CCCCNC(=O)NC(C)c1ccc(N2CCOCC2)cc1. The van der Waals surface area contributed by atoms with E-state index in [-0.39, 0.29) is 12.1 Å². The highest BCUT2D eigenvalue weighted by molar-refractivity contribution is 5.74. The fourth-order valence-corrected chi connectivity index (χ4v) is 2.51. The van der Waals surface area contributed by atoms with E-state index in [1.165, 1.54) is 5.69 Å². The molecule has 0 bridgehead atoms. The van der Waals surface area contributed by atoms with Gasteiger partial charge in [-0.05, 0) is 31.0 Å². The van der Waals surface area contributed by atoms with Gasteiger partial charge in [0.25, 0.3) is 0 Å². The van der Waals surface area contributed by atoms with Gasteiger partial charge in [-0.3, -0.25) is 0 Å². The molecule has 1 aliphatic heterocycles. The summed E-state index contributed by atoms with van der Waals surface area (Å²) >= 11 is 0. The first-order chi connectivity index (χ1) is 10.7. The lowest BCUT2D eigenvalue weighted by molar-refractivity contribution is 0.122. The number of carbonyl (C=O) groups is 1. The number of hydrogen-bond donors (Lipinski definition) is 2. The Morgan fingerprint density at radius 3 is 2.59 bits per heavy atom. The summed E-state index contributed by atoms with van der Waals surface area (Å²) in [4.78, 5) is 14.1. The van der Waals surface area contributed by atoms with Crippen molar-refractivity contribution >= 4 is 11.7 Å². The lowest BCUT2D eigenvalue weighted by atomic mass is 10.1. The van der Waals surface area contributed by atoms with E-state index in [0.29, 0.717) is 0 Å². The fourth-order valence-electron chi connectivity index (χ4n) is 2.51. The maximum absolute atomic E-state index is 11.8. The van der Waals surface area contributed by atoms with Crippen LogP contribution in [0.3, 0.4) is 0 Å². The van der Waals surface area contributed by atoms with Gasteiger partial charge in [0.1, 0.15) is 0 Å². The summed E-state index contributed by atoms with van der Waals surface area (Å²) in [5.41, 5.74) is 2.33. The number of anilines is 1. The van der Waals surface area contributed by atoms with Gasteiger partial charge in [-0.25, -0.2) is 4.79 Å². The Kier molecular flexibility index (Phi) is 6.52. The van der Waals surface area contributed by atoms with E-state index in [2.05, 4.69) is 46.7 Å². The van der Waals surface area contributed by atoms with Crippen LogP contribution < -0.4 is 15.5 Å². The highest BCUT2D eigenvalue weighted by Gasteiger charge is 2.13. The monoisotopic (exact) mass is 305 g/mol. The van der Waals surface area contributed by atoms with Crippen LogP contribution in [0.15, 0.2) is 24.3 Å². The van der Waals surface area contributed by atoms with Gasteiger partial charge in [0.05, 0.1) is 19.3 Å². The molecule has 5 heteroatoms. The van der Waals surface area contributed by atoms with E-state index in [1.54, 1.807) is 0 Å². The van der Waals surface area contributed by atoms with Gasteiger partial charge >= 0.3 is 6.03 Å². The van der Waals surface area contributed by atoms with Crippen molar-refractivity contribution in [2.45, 2.75) is 32.7 Å². The second-order valence-corrected chi connectivity index (χ2v) is 5.67. The number of nitrogens with zero attached hydrogens (tertiary/aromatic N) is 1. The molecular weight excluding hydrogens is 278 g/mol. The molecule has 5 nitrogen and oxygen atoms in total. The largest absolute Gasteiger partial charge is 0.378 e. The minimum Gasteiger partial charge on any atom is -0.378 e. The number of nitrogens with one attached hydrogen (secondary N) is 2. The number of urea groups is 1. The van der Waals surface area contributed by atoms with Crippen LogP contribution in [0.25, 0.3) is 0 Å². The number of hydrogen-bond acceptors (Lipinski definition) is 3. The van der Waals surface area contributed by atoms with Gasteiger partial charge in [0, 0.05) is 25.3 Å². The molecule has 0 radical (unpaired) electrons. The lowest BCUT2D eigenvalue weighted by Gasteiger charge is -2.29. The Bertz CT molecular complexity index is 455. The van der Waals surface area contributed by atoms with Gasteiger partial charge in [-0.15, -0.1) is 0 Å². The number of morpholine rings is 1. The summed E-state index contributed by atoms with van der Waals surface area (Å²) in [7, 11) is 0. The van der Waals surface area contributed by atoms with Gasteiger partial charge in [-0.2, -0.15) is 0 Å². The summed E-state index contributed by atoms with van der Waals surface area (Å²) in [6.07, 6.45) is 2.09. The van der Waals surface area contributed by atoms with Crippen molar-refractivity contribution in [1.82, 2.24) is 10.6 Å². The van der Waals surface area contributed by atoms with Crippen molar-refractivity contribution in [2.24, 2.45) is 0 Å². The van der Waals surface area contributed by atoms with Crippen LogP contribution in [0, 0.1) is 0 Å². The molecule has 1 unspecified atom stereocenters. The second-order valence-electron chi connectivity index (χ2n) is 5.67. The third kappa shape index (κ3) is 4.91. The summed E-state index contributed by atoms with van der Waals surface area (Å²) in [6, 6.07) is 8.31. The molecule has 2 rings (SSSR count). The number of ether oxygens (including phenoxy) is 1. The molecule has 2 N–H and O–H groups in total. The second kappa shape index (κ2) is 8.63. The number of rotatable bonds is 6. The third-order valence-electron chi connectivity index (χ3n) is 3.93. The van der Waals surface area contributed by atoms with Crippen LogP contribution in [0.2, 0.25) is 0 Å². The number of carbonyl (C=O) groups excluding carboxylic acids is 1. The highest BCUT2D eigenvalue weighted by Crippen LogP contribution is 2.20. The predicted molar refractivity (Wildman–Crippen MR) is 89.3 cm³/mol. The first-order valence-corrected chi connectivity index (χ1v) is 8.17. The van der Waals surface area contributed by atoms with Crippen LogP contribution >= 0.6 is 0 Å². The van der Waals surface area contributed by atoms with Gasteiger partial charge in [0.2, 0.25) is 0 Å². The maximum Gasteiger partial charge on any atom is 0.315 e. The molecule has 1 atom stereocenters. The molecule has 0 saturated carbocycles. The van der Waals surface area contributed by atoms with E-state index >= 15 is 0 Å². The fraction of sp³-hybridized carbons (Fsp3) is 0.588. The summed E-state index contributed by atoms with van der Waals surface area (Å²) in [5, 5.41) is 5.85. The van der Waals surface area contributed by atoms with E-state index in [0.717, 1.165) is 51.3 Å². The van der Waals surface area contributed by atoms with Crippen molar-refractivity contribution in [3.8, 4) is 0 Å². The summed E-state index contributed by atoms with van der Waals surface area (Å²) < 4.78 is 5.37. The molecule has 1 aliphatic rings. The van der Waals surface area contributed by atoms with Gasteiger partial charge < -0.3 is 20.3 Å². The smallest absolute Gasteiger partial charge is 0.315 e. The Hall–Kier alpha value is -1.75. The molecular formula is C17H27N3O2. The zero-order valence-corrected chi connectivity index (χ0v) is 13.6. The zero-order valence-electron chi connectivity index (χ0n) is 13.6. The third-order valence-corrected chi connectivity index (χ3v) is 3.93. The van der Waals surface area contributed by atoms with E-state index in [1.807, 2.05) is 6.92 Å². The molecule has 0 aromatic heterocycles. The molecule has 1 fully saturated rings. The molecule has 2 amide bonds. The zero-order chi connectivity index (χ0) is 15.8. The maximum atomic E-state index is 11.8. The minimum absolute atomic E-state index is 0.000339. The van der Waals surface area contributed by atoms with Crippen LogP contribution in [-0.2, 0) is 4.74 Å². The molecule has 1 heterocycles. The molecule has 1 aromatic rings.